The number of nitrogens with one attached hydrogen (secondary N) is 1. The van der Waals surface area contributed by atoms with Gasteiger partial charge in [-0.2, -0.15) is 0 Å². The van der Waals surface area contributed by atoms with Crippen LogP contribution < -0.4 is 5.32 Å². The van der Waals surface area contributed by atoms with Crippen molar-refractivity contribution >= 4 is 5.91 Å². The second kappa shape index (κ2) is 33.7. The Kier molecular flexibility index (Phi) is 32.8. The maximum atomic E-state index is 12.4. The molecule has 0 aliphatic heterocycles. The Balaban J connectivity index is 3.79. The van der Waals surface area contributed by atoms with Gasteiger partial charge in [0.05, 0.1) is 18.8 Å². The molecule has 3 unspecified atom stereocenters. The molecule has 0 aliphatic carbocycles. The van der Waals surface area contributed by atoms with Crippen LogP contribution >= 0.6 is 0 Å². The number of carbonyl (C=O) groups is 1. The Morgan fingerprint density at radius 3 is 1.42 bits per heavy atom. The van der Waals surface area contributed by atoms with E-state index < -0.39 is 24.2 Å². The van der Waals surface area contributed by atoms with Crippen LogP contribution in [0.1, 0.15) is 187 Å². The number of rotatable bonds is 33. The third kappa shape index (κ3) is 29.3. The van der Waals surface area contributed by atoms with Gasteiger partial charge in [0.2, 0.25) is 5.91 Å². The lowest BCUT2D eigenvalue weighted by molar-refractivity contribution is -0.131. The van der Waals surface area contributed by atoms with E-state index in [1.807, 2.05) is 6.08 Å². The third-order valence-electron chi connectivity index (χ3n) is 8.54. The molecule has 0 rings (SSSR count). The van der Waals surface area contributed by atoms with Gasteiger partial charge in [0.25, 0.3) is 0 Å². The van der Waals surface area contributed by atoms with E-state index in [2.05, 4.69) is 31.3 Å². The minimum absolute atomic E-state index is 0.374. The molecule has 0 heterocycles. The smallest absolute Gasteiger partial charge is 0.249 e. The van der Waals surface area contributed by atoms with Crippen molar-refractivity contribution in [3.63, 3.8) is 0 Å². The molecule has 3 atom stereocenters. The second-order valence-electron chi connectivity index (χ2n) is 12.8. The fraction of sp³-hybridized carbons (Fsp3) is 0.868. The maximum Gasteiger partial charge on any atom is 0.249 e. The van der Waals surface area contributed by atoms with E-state index >= 15 is 0 Å². The minimum Gasteiger partial charge on any atom is -0.394 e. The van der Waals surface area contributed by atoms with Crippen LogP contribution in [-0.2, 0) is 4.79 Å². The summed E-state index contributed by atoms with van der Waals surface area (Å²) in [6.45, 7) is 4.15. The first-order valence-corrected chi connectivity index (χ1v) is 18.7. The summed E-state index contributed by atoms with van der Waals surface area (Å²) in [5.41, 5.74) is 0. The topological polar surface area (TPSA) is 89.8 Å². The molecule has 0 saturated heterocycles. The molecule has 5 heteroatoms. The summed E-state index contributed by atoms with van der Waals surface area (Å²) < 4.78 is 0. The molecule has 0 spiro atoms. The Morgan fingerprint density at radius 2 is 0.953 bits per heavy atom. The molecular weight excluding hydrogens is 534 g/mol. The summed E-state index contributed by atoms with van der Waals surface area (Å²) in [5.74, 6) is -0.514. The van der Waals surface area contributed by atoms with Crippen LogP contribution in [0, 0.1) is 0 Å². The number of carbonyl (C=O) groups excluding carboxylic acids is 1. The van der Waals surface area contributed by atoms with E-state index in [4.69, 9.17) is 0 Å². The molecule has 0 aliphatic rings. The van der Waals surface area contributed by atoms with Gasteiger partial charge in [-0.1, -0.05) is 179 Å². The van der Waals surface area contributed by atoms with Crippen molar-refractivity contribution in [3.8, 4) is 0 Å². The zero-order valence-corrected chi connectivity index (χ0v) is 28.6. The van der Waals surface area contributed by atoms with E-state index in [0.29, 0.717) is 6.42 Å². The molecular formula is C38H73NO4. The van der Waals surface area contributed by atoms with Crippen LogP contribution in [0.5, 0.6) is 0 Å². The van der Waals surface area contributed by atoms with Crippen molar-refractivity contribution in [3.05, 3.63) is 24.3 Å². The van der Waals surface area contributed by atoms with Crippen LogP contribution in [0.4, 0.5) is 0 Å². The summed E-state index contributed by atoms with van der Waals surface area (Å²) in [4.78, 5) is 12.4. The fourth-order valence-corrected chi connectivity index (χ4v) is 5.55. The standard InChI is InChI=1S/C38H73NO4/c1-3-5-7-9-11-13-15-17-18-19-21-22-24-26-28-30-32-36(41)35(34-40)39-38(43)37(42)33-31-29-27-25-23-20-16-14-12-10-8-6-4-2/h22,24,30,32,35-37,40-42H,3-21,23,25-29,31,33-34H2,1-2H3,(H,39,43)/b24-22+,32-30+. The Hall–Kier alpha value is -1.17. The highest BCUT2D eigenvalue weighted by molar-refractivity contribution is 5.80. The lowest BCUT2D eigenvalue weighted by Crippen LogP contribution is -2.48. The van der Waals surface area contributed by atoms with Gasteiger partial charge in [-0.3, -0.25) is 4.79 Å². The first-order chi connectivity index (χ1) is 21.1. The number of unbranched alkanes of at least 4 members (excludes halogenated alkanes) is 23. The van der Waals surface area contributed by atoms with Gasteiger partial charge in [0.15, 0.2) is 0 Å². The van der Waals surface area contributed by atoms with Crippen molar-refractivity contribution in [1.82, 2.24) is 5.32 Å². The van der Waals surface area contributed by atoms with Gasteiger partial charge >= 0.3 is 0 Å². The molecule has 0 aromatic carbocycles. The molecule has 0 fully saturated rings. The Labute approximate surface area is 267 Å². The van der Waals surface area contributed by atoms with Gasteiger partial charge in [-0.25, -0.2) is 0 Å². The van der Waals surface area contributed by atoms with Crippen LogP contribution in [0.25, 0.3) is 0 Å². The monoisotopic (exact) mass is 608 g/mol. The molecule has 0 saturated carbocycles. The lowest BCUT2D eigenvalue weighted by Gasteiger charge is -2.21. The van der Waals surface area contributed by atoms with Crippen molar-refractivity contribution in [2.24, 2.45) is 0 Å². The van der Waals surface area contributed by atoms with Crippen molar-refractivity contribution in [1.29, 1.82) is 0 Å². The Bertz CT molecular complexity index is 635. The van der Waals surface area contributed by atoms with Crippen molar-refractivity contribution < 1.29 is 20.1 Å². The molecule has 5 nitrogen and oxygen atoms in total. The SMILES string of the molecule is CCCCCCCCCCCC/C=C/CC/C=C/C(O)C(CO)NC(=O)C(O)CCCCCCCCCCCCCCC. The van der Waals surface area contributed by atoms with Crippen molar-refractivity contribution in [2.75, 3.05) is 6.61 Å². The number of aliphatic hydroxyl groups excluding tert-OH is 3. The highest BCUT2D eigenvalue weighted by Gasteiger charge is 2.22. The highest BCUT2D eigenvalue weighted by Crippen LogP contribution is 2.14. The number of hydrogen-bond donors (Lipinski definition) is 4. The van der Waals surface area contributed by atoms with Crippen LogP contribution in [0.3, 0.4) is 0 Å². The van der Waals surface area contributed by atoms with Crippen molar-refractivity contribution in [2.45, 2.75) is 205 Å². The van der Waals surface area contributed by atoms with E-state index in [0.717, 1.165) is 38.5 Å². The molecule has 0 aromatic heterocycles. The summed E-state index contributed by atoms with van der Waals surface area (Å²) >= 11 is 0. The summed E-state index contributed by atoms with van der Waals surface area (Å²) in [7, 11) is 0. The zero-order valence-electron chi connectivity index (χ0n) is 28.6. The highest BCUT2D eigenvalue weighted by atomic mass is 16.3. The minimum atomic E-state index is -1.10. The van der Waals surface area contributed by atoms with Gasteiger partial charge in [0.1, 0.15) is 6.10 Å². The third-order valence-corrected chi connectivity index (χ3v) is 8.54. The number of aliphatic hydroxyl groups is 3. The summed E-state index contributed by atoms with van der Waals surface area (Å²) in [6.07, 6.45) is 39.1. The maximum absolute atomic E-state index is 12.4. The summed E-state index contributed by atoms with van der Waals surface area (Å²) in [5, 5.41) is 32.9. The lowest BCUT2D eigenvalue weighted by atomic mass is 10.0. The van der Waals surface area contributed by atoms with Crippen LogP contribution in [-0.4, -0.2) is 46.1 Å². The van der Waals surface area contributed by atoms with Crippen LogP contribution in [0.15, 0.2) is 24.3 Å². The predicted molar refractivity (Wildman–Crippen MR) is 185 cm³/mol. The number of allylic oxidation sites excluding steroid dienone is 3. The molecule has 43 heavy (non-hydrogen) atoms. The average molecular weight is 608 g/mol. The first-order valence-electron chi connectivity index (χ1n) is 18.7. The molecule has 0 aromatic rings. The van der Waals surface area contributed by atoms with Crippen LogP contribution in [0.2, 0.25) is 0 Å². The largest absolute Gasteiger partial charge is 0.394 e. The molecule has 4 N–H and O–H groups in total. The van der Waals surface area contributed by atoms with E-state index in [9.17, 15) is 20.1 Å². The average Bonchev–Trinajstić information content (AvgIpc) is 3.01. The molecule has 254 valence electrons. The predicted octanol–water partition coefficient (Wildman–Crippen LogP) is 9.87. The second-order valence-corrected chi connectivity index (χ2v) is 12.8. The molecule has 1 amide bonds. The number of amides is 1. The first kappa shape index (κ1) is 41.8. The number of hydrogen-bond acceptors (Lipinski definition) is 4. The van der Waals surface area contributed by atoms with Gasteiger partial charge < -0.3 is 20.6 Å². The fourth-order valence-electron chi connectivity index (χ4n) is 5.55. The van der Waals surface area contributed by atoms with Gasteiger partial charge in [-0.15, -0.1) is 0 Å². The summed E-state index contributed by atoms with van der Waals surface area (Å²) in [6, 6.07) is -0.808. The van der Waals surface area contributed by atoms with E-state index in [1.54, 1.807) is 6.08 Å². The van der Waals surface area contributed by atoms with Gasteiger partial charge in [0, 0.05) is 0 Å². The molecule has 0 bridgehead atoms. The van der Waals surface area contributed by atoms with E-state index in [-0.39, 0.29) is 6.61 Å². The normalized spacial score (nSPS) is 14.1. The molecule has 0 radical (unpaired) electrons. The quantitative estimate of drug-likeness (QED) is 0.0441. The van der Waals surface area contributed by atoms with Gasteiger partial charge in [-0.05, 0) is 32.1 Å². The zero-order chi connectivity index (χ0) is 31.6. The van der Waals surface area contributed by atoms with E-state index in [1.165, 1.54) is 128 Å². The Morgan fingerprint density at radius 1 is 0.558 bits per heavy atom.